The molecule has 4 aromatic rings. The van der Waals surface area contributed by atoms with Crippen LogP contribution in [0.15, 0.2) is 54.4 Å². The van der Waals surface area contributed by atoms with Crippen molar-refractivity contribution in [2.45, 2.75) is 38.0 Å². The third-order valence-electron chi connectivity index (χ3n) is 7.30. The van der Waals surface area contributed by atoms with Gasteiger partial charge in [0, 0.05) is 46.6 Å². The van der Waals surface area contributed by atoms with Gasteiger partial charge >= 0.3 is 6.61 Å². The zero-order valence-electron chi connectivity index (χ0n) is 18.8. The van der Waals surface area contributed by atoms with Gasteiger partial charge in [-0.05, 0) is 38.0 Å². The molecule has 1 saturated carbocycles. The molecule has 2 aromatic heterocycles. The van der Waals surface area contributed by atoms with Crippen LogP contribution in [0.25, 0.3) is 27.7 Å². The number of hydrogen-bond acceptors (Lipinski definition) is 5. The summed E-state index contributed by atoms with van der Waals surface area (Å²) >= 11 is 0. The maximum atomic E-state index is 15.2. The number of aromatic nitrogens is 4. The summed E-state index contributed by atoms with van der Waals surface area (Å²) in [5.41, 5.74) is 3.18. The van der Waals surface area contributed by atoms with E-state index in [0.717, 1.165) is 11.4 Å². The minimum atomic E-state index is -2.94. The lowest BCUT2D eigenvalue weighted by Crippen LogP contribution is -2.43. The Morgan fingerprint density at radius 2 is 1.91 bits per heavy atom. The molecule has 2 aliphatic carbocycles. The Bertz CT molecular complexity index is 1590. The zero-order valence-corrected chi connectivity index (χ0v) is 18.8. The van der Waals surface area contributed by atoms with Gasteiger partial charge in [0.05, 0.1) is 16.6 Å². The SMILES string of the molecule is CC(C)(O)c1ncc(-c2cc3c(cc2F)nc2n3[C@]3(c4ccccc4OC(F)F)CC4=C2[C@@H]43)cn1. The van der Waals surface area contributed by atoms with E-state index in [-0.39, 0.29) is 17.5 Å². The van der Waals surface area contributed by atoms with Gasteiger partial charge in [-0.3, -0.25) is 0 Å². The number of aliphatic hydroxyl groups is 1. The van der Waals surface area contributed by atoms with E-state index in [4.69, 9.17) is 9.72 Å². The molecule has 2 atom stereocenters. The predicted octanol–water partition coefficient (Wildman–Crippen LogP) is 5.01. The van der Waals surface area contributed by atoms with E-state index >= 15 is 4.39 Å². The molecule has 0 spiro atoms. The number of ether oxygens (including phenoxy) is 1. The summed E-state index contributed by atoms with van der Waals surface area (Å²) < 4.78 is 48.5. The van der Waals surface area contributed by atoms with Crippen LogP contribution >= 0.6 is 0 Å². The second-order valence-electron chi connectivity index (χ2n) is 9.79. The molecule has 0 bridgehead atoms. The standard InChI is InChI=1S/C26H19F3N4O2/c1-25(2,34)23-30-10-12(11-31-23)13-7-18-17(8-16(13)27)32-22-20-14-9-26(21(14)20,33(18)22)15-5-3-4-6-19(15)35-24(28)29/h3-8,10-11,21,24,34H,9H2,1-2H3/t21-,26+/m1/s1. The van der Waals surface area contributed by atoms with Crippen molar-refractivity contribution in [2.75, 3.05) is 0 Å². The predicted molar refractivity (Wildman–Crippen MR) is 121 cm³/mol. The van der Waals surface area contributed by atoms with Crippen molar-refractivity contribution in [3.8, 4) is 16.9 Å². The zero-order chi connectivity index (χ0) is 24.3. The van der Waals surface area contributed by atoms with E-state index in [1.807, 2.05) is 12.1 Å². The van der Waals surface area contributed by atoms with Gasteiger partial charge in [0.15, 0.2) is 5.82 Å². The van der Waals surface area contributed by atoms with Gasteiger partial charge in [-0.2, -0.15) is 8.78 Å². The van der Waals surface area contributed by atoms with Crippen LogP contribution in [0.5, 0.6) is 5.75 Å². The molecule has 6 nitrogen and oxygen atoms in total. The monoisotopic (exact) mass is 476 g/mol. The Labute approximate surface area is 197 Å². The fourth-order valence-corrected chi connectivity index (χ4v) is 5.81. The highest BCUT2D eigenvalue weighted by Gasteiger charge is 2.71. The molecular formula is C26H19F3N4O2. The summed E-state index contributed by atoms with van der Waals surface area (Å²) in [5, 5.41) is 10.1. The topological polar surface area (TPSA) is 73.1 Å². The van der Waals surface area contributed by atoms with Crippen LogP contribution in [0, 0.1) is 11.7 Å². The summed E-state index contributed by atoms with van der Waals surface area (Å²) in [6.45, 7) is 0.213. The normalized spacial score (nSPS) is 21.9. The molecule has 0 saturated heterocycles. The quantitative estimate of drug-likeness (QED) is 0.439. The first kappa shape index (κ1) is 20.6. The average molecular weight is 476 g/mol. The summed E-state index contributed by atoms with van der Waals surface area (Å²) in [6, 6.07) is 9.96. The first-order valence-electron chi connectivity index (χ1n) is 11.3. The Balaban J connectivity index is 1.41. The van der Waals surface area contributed by atoms with Gasteiger partial charge < -0.3 is 14.4 Å². The summed E-state index contributed by atoms with van der Waals surface area (Å²) in [6.07, 6.45) is 3.65. The molecule has 176 valence electrons. The van der Waals surface area contributed by atoms with Crippen LogP contribution in [0.3, 0.4) is 0 Å². The minimum absolute atomic E-state index is 0.111. The molecule has 1 aliphatic heterocycles. The number of imidazole rings is 1. The maximum absolute atomic E-state index is 15.2. The molecule has 1 fully saturated rings. The van der Waals surface area contributed by atoms with E-state index < -0.39 is 23.6 Å². The molecule has 3 heterocycles. The van der Waals surface area contributed by atoms with Gasteiger partial charge in [-0.25, -0.2) is 19.3 Å². The van der Waals surface area contributed by atoms with E-state index in [2.05, 4.69) is 14.5 Å². The lowest BCUT2D eigenvalue weighted by Gasteiger charge is -2.43. The number of para-hydroxylation sites is 1. The Morgan fingerprint density at radius 3 is 2.63 bits per heavy atom. The highest BCUT2D eigenvalue weighted by atomic mass is 19.3. The smallest absolute Gasteiger partial charge is 0.387 e. The van der Waals surface area contributed by atoms with Gasteiger partial charge in [0.25, 0.3) is 0 Å². The Kier molecular flexibility index (Phi) is 3.82. The fraction of sp³-hybridized carbons (Fsp3) is 0.269. The summed E-state index contributed by atoms with van der Waals surface area (Å²) in [4.78, 5) is 13.1. The van der Waals surface area contributed by atoms with Crippen LogP contribution in [0.1, 0.15) is 37.5 Å². The molecule has 35 heavy (non-hydrogen) atoms. The van der Waals surface area contributed by atoms with Crippen LogP contribution < -0.4 is 4.74 Å². The van der Waals surface area contributed by atoms with Crippen molar-refractivity contribution in [3.05, 3.63) is 77.4 Å². The third kappa shape index (κ3) is 2.61. The highest BCUT2D eigenvalue weighted by molar-refractivity contribution is 5.99. The Morgan fingerprint density at radius 1 is 1.17 bits per heavy atom. The van der Waals surface area contributed by atoms with Gasteiger partial charge in [0.2, 0.25) is 0 Å². The maximum Gasteiger partial charge on any atom is 0.387 e. The summed E-state index contributed by atoms with van der Waals surface area (Å²) in [5.74, 6) is 0.766. The molecule has 0 radical (unpaired) electrons. The van der Waals surface area contributed by atoms with Crippen LogP contribution in [-0.2, 0) is 11.1 Å². The van der Waals surface area contributed by atoms with Crippen molar-refractivity contribution in [2.24, 2.45) is 5.92 Å². The number of rotatable bonds is 5. The number of nitrogens with zero attached hydrogens (tertiary/aromatic N) is 4. The molecule has 9 heteroatoms. The molecule has 3 aliphatic rings. The van der Waals surface area contributed by atoms with Crippen molar-refractivity contribution < 1.29 is 23.0 Å². The first-order valence-corrected chi connectivity index (χ1v) is 11.3. The molecule has 1 N–H and O–H groups in total. The van der Waals surface area contributed by atoms with Crippen LogP contribution in [-0.4, -0.2) is 31.2 Å². The van der Waals surface area contributed by atoms with Gasteiger partial charge in [-0.1, -0.05) is 18.2 Å². The van der Waals surface area contributed by atoms with Crippen molar-refractivity contribution >= 4 is 16.6 Å². The van der Waals surface area contributed by atoms with Crippen molar-refractivity contribution in [1.82, 2.24) is 19.5 Å². The second-order valence-corrected chi connectivity index (χ2v) is 9.79. The average Bonchev–Trinajstić information content (AvgIpc) is 3.13. The number of alkyl halides is 2. The molecule has 0 amide bonds. The first-order chi connectivity index (χ1) is 16.7. The fourth-order valence-electron chi connectivity index (χ4n) is 5.81. The van der Waals surface area contributed by atoms with Crippen molar-refractivity contribution in [1.29, 1.82) is 0 Å². The van der Waals surface area contributed by atoms with Gasteiger partial charge in [-0.15, -0.1) is 0 Å². The van der Waals surface area contributed by atoms with E-state index in [1.165, 1.54) is 24.0 Å². The van der Waals surface area contributed by atoms with E-state index in [9.17, 15) is 13.9 Å². The molecule has 0 unspecified atom stereocenters. The van der Waals surface area contributed by atoms with Crippen molar-refractivity contribution in [3.63, 3.8) is 0 Å². The summed E-state index contributed by atoms with van der Waals surface area (Å²) in [7, 11) is 0. The number of allylic oxidation sites excluding steroid dienone is 2. The number of hydrogen-bond donors (Lipinski definition) is 1. The van der Waals surface area contributed by atoms with E-state index in [0.29, 0.717) is 34.1 Å². The lowest BCUT2D eigenvalue weighted by atomic mass is 9.70. The van der Waals surface area contributed by atoms with Crippen LogP contribution in [0.2, 0.25) is 0 Å². The number of fused-ring (bicyclic) bond motifs is 5. The van der Waals surface area contributed by atoms with Crippen LogP contribution in [0.4, 0.5) is 13.2 Å². The van der Waals surface area contributed by atoms with Gasteiger partial charge in [0.1, 0.15) is 23.0 Å². The van der Waals surface area contributed by atoms with E-state index in [1.54, 1.807) is 32.0 Å². The Hall–Kier alpha value is -3.72. The second kappa shape index (κ2) is 6.48. The molecular weight excluding hydrogens is 457 g/mol. The highest BCUT2D eigenvalue weighted by Crippen LogP contribution is 2.76. The largest absolute Gasteiger partial charge is 0.434 e. The number of benzene rings is 2. The molecule has 7 rings (SSSR count). The third-order valence-corrected chi connectivity index (χ3v) is 7.30. The molecule has 2 aromatic carbocycles. The minimum Gasteiger partial charge on any atom is -0.434 e. The number of halogens is 3. The lowest BCUT2D eigenvalue weighted by molar-refractivity contribution is -0.0515.